The van der Waals surface area contributed by atoms with Crippen LogP contribution in [0.3, 0.4) is 0 Å². The molecular formula is C13H16BrNO2. The van der Waals surface area contributed by atoms with Crippen LogP contribution in [-0.4, -0.2) is 18.6 Å². The standard InChI is InChI=1S/C13H16BrNO2/c1-8-3-4-11(14)12(7-8)15-13(16)10-5-6-17-9(10)2/h3-4,7,9-10H,5-6H2,1-2H3,(H,15,16). The van der Waals surface area contributed by atoms with Gasteiger partial charge < -0.3 is 10.1 Å². The second-order valence-corrected chi connectivity index (χ2v) is 5.30. The number of benzene rings is 1. The van der Waals surface area contributed by atoms with Gasteiger partial charge in [-0.15, -0.1) is 0 Å². The smallest absolute Gasteiger partial charge is 0.230 e. The molecule has 2 atom stereocenters. The van der Waals surface area contributed by atoms with Crippen molar-refractivity contribution in [2.75, 3.05) is 11.9 Å². The van der Waals surface area contributed by atoms with Crippen LogP contribution in [-0.2, 0) is 9.53 Å². The van der Waals surface area contributed by atoms with E-state index in [0.717, 1.165) is 22.1 Å². The van der Waals surface area contributed by atoms with Crippen LogP contribution in [0.1, 0.15) is 18.9 Å². The summed E-state index contributed by atoms with van der Waals surface area (Å²) in [4.78, 5) is 12.1. The molecule has 1 amide bonds. The highest BCUT2D eigenvalue weighted by Gasteiger charge is 2.30. The van der Waals surface area contributed by atoms with E-state index in [1.54, 1.807) is 0 Å². The summed E-state index contributed by atoms with van der Waals surface area (Å²) in [6, 6.07) is 5.91. The molecule has 0 aliphatic carbocycles. The van der Waals surface area contributed by atoms with Gasteiger partial charge >= 0.3 is 0 Å². The van der Waals surface area contributed by atoms with Gasteiger partial charge in [-0.2, -0.15) is 0 Å². The van der Waals surface area contributed by atoms with Crippen molar-refractivity contribution in [3.63, 3.8) is 0 Å². The normalized spacial score (nSPS) is 23.7. The van der Waals surface area contributed by atoms with Crippen molar-refractivity contribution in [1.82, 2.24) is 0 Å². The fraction of sp³-hybridized carbons (Fsp3) is 0.462. The lowest BCUT2D eigenvalue weighted by molar-refractivity contribution is -0.121. The van der Waals surface area contributed by atoms with Crippen LogP contribution < -0.4 is 5.32 Å². The fourth-order valence-corrected chi connectivity index (χ4v) is 2.38. The Balaban J connectivity index is 2.10. The molecule has 92 valence electrons. The van der Waals surface area contributed by atoms with Crippen molar-refractivity contribution in [3.8, 4) is 0 Å². The number of aryl methyl sites for hydroxylation is 1. The summed E-state index contributed by atoms with van der Waals surface area (Å²) in [5.74, 6) is 0.00344. The first-order valence-corrected chi connectivity index (χ1v) is 6.56. The summed E-state index contributed by atoms with van der Waals surface area (Å²) < 4.78 is 6.31. The van der Waals surface area contributed by atoms with Gasteiger partial charge in [0.2, 0.25) is 5.91 Å². The number of nitrogens with one attached hydrogen (secondary N) is 1. The highest BCUT2D eigenvalue weighted by molar-refractivity contribution is 9.10. The SMILES string of the molecule is Cc1ccc(Br)c(NC(=O)C2CCOC2C)c1. The number of hydrogen-bond donors (Lipinski definition) is 1. The fourth-order valence-electron chi connectivity index (χ4n) is 2.04. The lowest BCUT2D eigenvalue weighted by Gasteiger charge is -2.15. The number of ether oxygens (including phenoxy) is 1. The zero-order chi connectivity index (χ0) is 12.4. The van der Waals surface area contributed by atoms with Gasteiger partial charge in [-0.3, -0.25) is 4.79 Å². The van der Waals surface area contributed by atoms with E-state index in [-0.39, 0.29) is 17.9 Å². The van der Waals surface area contributed by atoms with Gasteiger partial charge in [0.05, 0.1) is 17.7 Å². The zero-order valence-electron chi connectivity index (χ0n) is 10.00. The minimum absolute atomic E-state index is 0.0126. The van der Waals surface area contributed by atoms with Crippen molar-refractivity contribution >= 4 is 27.5 Å². The molecule has 1 aromatic carbocycles. The summed E-state index contributed by atoms with van der Waals surface area (Å²) in [6.07, 6.45) is 0.815. The number of carbonyl (C=O) groups is 1. The van der Waals surface area contributed by atoms with Gasteiger partial charge in [-0.05, 0) is 53.9 Å². The van der Waals surface area contributed by atoms with Crippen molar-refractivity contribution < 1.29 is 9.53 Å². The maximum Gasteiger partial charge on any atom is 0.230 e. The maximum atomic E-state index is 12.1. The highest BCUT2D eigenvalue weighted by Crippen LogP contribution is 2.26. The van der Waals surface area contributed by atoms with Crippen molar-refractivity contribution in [2.45, 2.75) is 26.4 Å². The molecule has 0 radical (unpaired) electrons. The molecule has 1 aromatic rings. The van der Waals surface area contributed by atoms with E-state index in [4.69, 9.17) is 4.74 Å². The average Bonchev–Trinajstić information content (AvgIpc) is 2.70. The molecule has 1 aliphatic heterocycles. The number of hydrogen-bond acceptors (Lipinski definition) is 2. The first-order chi connectivity index (χ1) is 8.08. The Bertz CT molecular complexity index is 433. The Labute approximate surface area is 110 Å². The molecule has 1 heterocycles. The first-order valence-electron chi connectivity index (χ1n) is 5.76. The monoisotopic (exact) mass is 297 g/mol. The topological polar surface area (TPSA) is 38.3 Å². The van der Waals surface area contributed by atoms with Gasteiger partial charge in [0.15, 0.2) is 0 Å². The second-order valence-electron chi connectivity index (χ2n) is 4.44. The van der Waals surface area contributed by atoms with Gasteiger partial charge in [0.1, 0.15) is 0 Å². The van der Waals surface area contributed by atoms with E-state index < -0.39 is 0 Å². The predicted octanol–water partition coefficient (Wildman–Crippen LogP) is 3.12. The lowest BCUT2D eigenvalue weighted by atomic mass is 10.0. The molecule has 4 heteroatoms. The quantitative estimate of drug-likeness (QED) is 0.911. The van der Waals surface area contributed by atoms with Gasteiger partial charge in [0.25, 0.3) is 0 Å². The molecular weight excluding hydrogens is 282 g/mol. The summed E-state index contributed by atoms with van der Waals surface area (Å²) in [5.41, 5.74) is 1.95. The Morgan fingerprint density at radius 3 is 2.94 bits per heavy atom. The molecule has 1 fully saturated rings. The molecule has 1 saturated heterocycles. The van der Waals surface area contributed by atoms with E-state index in [0.29, 0.717) is 6.61 Å². The second kappa shape index (κ2) is 5.19. The summed E-state index contributed by atoms with van der Waals surface area (Å²) in [6.45, 7) is 4.63. The molecule has 2 unspecified atom stereocenters. The Kier molecular flexibility index (Phi) is 3.84. The predicted molar refractivity (Wildman–Crippen MR) is 71.0 cm³/mol. The van der Waals surface area contributed by atoms with Crippen LogP contribution in [0.15, 0.2) is 22.7 Å². The first kappa shape index (κ1) is 12.6. The van der Waals surface area contributed by atoms with Gasteiger partial charge in [-0.1, -0.05) is 6.07 Å². The van der Waals surface area contributed by atoms with E-state index >= 15 is 0 Å². The van der Waals surface area contributed by atoms with Crippen LogP contribution in [0.25, 0.3) is 0 Å². The van der Waals surface area contributed by atoms with Crippen LogP contribution >= 0.6 is 15.9 Å². The Hall–Kier alpha value is -0.870. The Morgan fingerprint density at radius 2 is 2.29 bits per heavy atom. The number of rotatable bonds is 2. The summed E-state index contributed by atoms with van der Waals surface area (Å²) in [5, 5.41) is 2.96. The molecule has 2 rings (SSSR count). The van der Waals surface area contributed by atoms with Crippen molar-refractivity contribution in [2.24, 2.45) is 5.92 Å². The largest absolute Gasteiger partial charge is 0.378 e. The van der Waals surface area contributed by atoms with Crippen LogP contribution in [0.5, 0.6) is 0 Å². The number of anilines is 1. The molecule has 1 aliphatic rings. The molecule has 17 heavy (non-hydrogen) atoms. The summed E-state index contributed by atoms with van der Waals surface area (Å²) >= 11 is 3.44. The van der Waals surface area contributed by atoms with Crippen molar-refractivity contribution in [3.05, 3.63) is 28.2 Å². The maximum absolute atomic E-state index is 12.1. The molecule has 0 aromatic heterocycles. The van der Waals surface area contributed by atoms with Crippen molar-refractivity contribution in [1.29, 1.82) is 0 Å². The molecule has 0 saturated carbocycles. The van der Waals surface area contributed by atoms with Crippen LogP contribution in [0.2, 0.25) is 0 Å². The minimum Gasteiger partial charge on any atom is -0.378 e. The van der Waals surface area contributed by atoms with E-state index in [1.165, 1.54) is 0 Å². The molecule has 0 spiro atoms. The molecule has 3 nitrogen and oxygen atoms in total. The van der Waals surface area contributed by atoms with E-state index in [1.807, 2.05) is 32.0 Å². The third-order valence-corrected chi connectivity index (χ3v) is 3.78. The Morgan fingerprint density at radius 1 is 1.53 bits per heavy atom. The van der Waals surface area contributed by atoms with Crippen LogP contribution in [0, 0.1) is 12.8 Å². The number of halogens is 1. The summed E-state index contributed by atoms with van der Waals surface area (Å²) in [7, 11) is 0. The average molecular weight is 298 g/mol. The van der Waals surface area contributed by atoms with Gasteiger partial charge in [-0.25, -0.2) is 0 Å². The lowest BCUT2D eigenvalue weighted by Crippen LogP contribution is -2.27. The number of carbonyl (C=O) groups excluding carboxylic acids is 1. The van der Waals surface area contributed by atoms with E-state index in [2.05, 4.69) is 21.2 Å². The highest BCUT2D eigenvalue weighted by atomic mass is 79.9. The number of amides is 1. The van der Waals surface area contributed by atoms with E-state index in [9.17, 15) is 4.79 Å². The third-order valence-electron chi connectivity index (χ3n) is 3.09. The van der Waals surface area contributed by atoms with Crippen LogP contribution in [0.4, 0.5) is 5.69 Å². The van der Waals surface area contributed by atoms with Gasteiger partial charge in [0, 0.05) is 11.1 Å². The minimum atomic E-state index is -0.0394. The third kappa shape index (κ3) is 2.87. The molecule has 1 N–H and O–H groups in total. The molecule has 0 bridgehead atoms. The zero-order valence-corrected chi connectivity index (χ0v) is 11.6.